The molecule has 0 saturated carbocycles. The van der Waals surface area contributed by atoms with Crippen molar-refractivity contribution in [1.82, 2.24) is 15.3 Å². The molecule has 108 valence electrons. The Labute approximate surface area is 130 Å². The molecule has 2 aromatic rings. The second-order valence-electron chi connectivity index (χ2n) is 4.75. The van der Waals surface area contributed by atoms with Crippen LogP contribution in [0.1, 0.15) is 21.7 Å². The number of aromatic nitrogens is 2. The molecule has 1 N–H and O–H groups in total. The molecule has 2 heterocycles. The number of benzene rings is 1. The topological polar surface area (TPSA) is 64.1 Å². The molecule has 1 aliphatic rings. The molecule has 3 rings (SSSR count). The normalized spacial score (nSPS) is 13.6. The minimum absolute atomic E-state index is 0.352. The summed E-state index contributed by atoms with van der Waals surface area (Å²) in [4.78, 5) is 21.0. The number of esters is 1. The van der Waals surface area contributed by atoms with Crippen molar-refractivity contribution in [2.75, 3.05) is 13.7 Å². The molecule has 0 aliphatic carbocycles. The van der Waals surface area contributed by atoms with E-state index in [4.69, 9.17) is 4.74 Å². The smallest absolute Gasteiger partial charge is 0.357 e. The Balaban J connectivity index is 2.16. The van der Waals surface area contributed by atoms with Crippen LogP contribution in [0.2, 0.25) is 0 Å². The second kappa shape index (κ2) is 5.91. The fraction of sp³-hybridized carbons (Fsp3) is 0.267. The van der Waals surface area contributed by atoms with Crippen LogP contribution < -0.4 is 5.32 Å². The van der Waals surface area contributed by atoms with Crippen molar-refractivity contribution >= 4 is 21.9 Å². The van der Waals surface area contributed by atoms with Gasteiger partial charge in [0.2, 0.25) is 0 Å². The van der Waals surface area contributed by atoms with Gasteiger partial charge in [0, 0.05) is 35.1 Å². The van der Waals surface area contributed by atoms with Crippen LogP contribution in [0, 0.1) is 0 Å². The first-order valence-corrected chi connectivity index (χ1v) is 7.43. The lowest BCUT2D eigenvalue weighted by atomic mass is 10.0. The number of hydrogen-bond donors (Lipinski definition) is 1. The number of carbonyl (C=O) groups is 1. The van der Waals surface area contributed by atoms with E-state index >= 15 is 0 Å². The molecule has 0 amide bonds. The first kappa shape index (κ1) is 14.2. The van der Waals surface area contributed by atoms with Gasteiger partial charge in [-0.15, -0.1) is 0 Å². The first-order chi connectivity index (χ1) is 10.2. The quantitative estimate of drug-likeness (QED) is 0.844. The van der Waals surface area contributed by atoms with Gasteiger partial charge in [0.1, 0.15) is 0 Å². The summed E-state index contributed by atoms with van der Waals surface area (Å²) in [5, 5.41) is 3.23. The van der Waals surface area contributed by atoms with E-state index in [1.165, 1.54) is 7.11 Å². The number of methoxy groups -OCH3 is 1. The molecule has 0 radical (unpaired) electrons. The van der Waals surface area contributed by atoms with E-state index in [1.54, 1.807) is 0 Å². The van der Waals surface area contributed by atoms with E-state index in [1.807, 2.05) is 24.3 Å². The number of halogens is 1. The van der Waals surface area contributed by atoms with Crippen LogP contribution in [0.3, 0.4) is 0 Å². The second-order valence-corrected chi connectivity index (χ2v) is 5.67. The maximum Gasteiger partial charge on any atom is 0.357 e. The van der Waals surface area contributed by atoms with Gasteiger partial charge in [-0.25, -0.2) is 14.8 Å². The van der Waals surface area contributed by atoms with E-state index < -0.39 is 5.97 Å². The molecule has 1 aromatic carbocycles. The highest BCUT2D eigenvalue weighted by molar-refractivity contribution is 9.10. The van der Waals surface area contributed by atoms with Crippen LogP contribution in [0.5, 0.6) is 0 Å². The summed E-state index contributed by atoms with van der Waals surface area (Å²) in [5.74, 6) is 0.131. The summed E-state index contributed by atoms with van der Waals surface area (Å²) in [6.45, 7) is 1.45. The minimum Gasteiger partial charge on any atom is -0.464 e. The molecule has 21 heavy (non-hydrogen) atoms. The fourth-order valence-corrected chi connectivity index (χ4v) is 2.76. The van der Waals surface area contributed by atoms with Gasteiger partial charge in [-0.1, -0.05) is 28.1 Å². The van der Waals surface area contributed by atoms with Crippen LogP contribution >= 0.6 is 15.9 Å². The summed E-state index contributed by atoms with van der Waals surface area (Å²) < 4.78 is 5.80. The Kier molecular flexibility index (Phi) is 3.98. The first-order valence-electron chi connectivity index (χ1n) is 6.64. The van der Waals surface area contributed by atoms with Crippen LogP contribution in [-0.2, 0) is 17.7 Å². The zero-order chi connectivity index (χ0) is 14.8. The van der Waals surface area contributed by atoms with Crippen molar-refractivity contribution in [2.45, 2.75) is 13.0 Å². The molecular weight excluding hydrogens is 334 g/mol. The van der Waals surface area contributed by atoms with Crippen molar-refractivity contribution < 1.29 is 9.53 Å². The van der Waals surface area contributed by atoms with Gasteiger partial charge in [0.05, 0.1) is 12.8 Å². The predicted octanol–water partition coefficient (Wildman–Crippen LogP) is 2.34. The molecule has 0 unspecified atom stereocenters. The largest absolute Gasteiger partial charge is 0.464 e. The average Bonchev–Trinajstić information content (AvgIpc) is 2.53. The minimum atomic E-state index is -0.423. The third kappa shape index (κ3) is 2.82. The molecular formula is C15H14BrN3O2. The van der Waals surface area contributed by atoms with Gasteiger partial charge < -0.3 is 10.1 Å². The van der Waals surface area contributed by atoms with Crippen molar-refractivity contribution in [3.63, 3.8) is 0 Å². The van der Waals surface area contributed by atoms with Gasteiger partial charge in [-0.3, -0.25) is 0 Å². The molecule has 0 fully saturated rings. The Morgan fingerprint density at radius 2 is 2.24 bits per heavy atom. The molecule has 0 atom stereocenters. The fourth-order valence-electron chi connectivity index (χ4n) is 2.37. The van der Waals surface area contributed by atoms with Crippen LogP contribution in [0.15, 0.2) is 28.7 Å². The molecule has 6 heteroatoms. The van der Waals surface area contributed by atoms with Gasteiger partial charge in [0.25, 0.3) is 0 Å². The molecule has 0 spiro atoms. The summed E-state index contributed by atoms with van der Waals surface area (Å²) in [6, 6.07) is 7.72. The van der Waals surface area contributed by atoms with Crippen molar-refractivity contribution in [3.8, 4) is 11.4 Å². The number of nitrogens with zero attached hydrogens (tertiary/aromatic N) is 2. The molecule has 0 bridgehead atoms. The SMILES string of the molecule is COC(=O)c1nc(-c2cccc(Br)c2)nc2c1CNCC2. The lowest BCUT2D eigenvalue weighted by Gasteiger charge is -2.19. The third-order valence-electron chi connectivity index (χ3n) is 3.39. The Bertz CT molecular complexity index is 703. The highest BCUT2D eigenvalue weighted by atomic mass is 79.9. The summed E-state index contributed by atoms with van der Waals surface area (Å²) in [7, 11) is 1.37. The van der Waals surface area contributed by atoms with E-state index in [2.05, 4.69) is 31.2 Å². The van der Waals surface area contributed by atoms with E-state index in [0.29, 0.717) is 18.1 Å². The zero-order valence-corrected chi connectivity index (χ0v) is 13.1. The Morgan fingerprint density at radius 1 is 1.38 bits per heavy atom. The summed E-state index contributed by atoms with van der Waals surface area (Å²) in [5.41, 5.74) is 2.98. The van der Waals surface area contributed by atoms with Gasteiger partial charge >= 0.3 is 5.97 Å². The van der Waals surface area contributed by atoms with Gasteiger partial charge in [-0.2, -0.15) is 0 Å². The average molecular weight is 348 g/mol. The number of rotatable bonds is 2. The van der Waals surface area contributed by atoms with E-state index in [-0.39, 0.29) is 0 Å². The van der Waals surface area contributed by atoms with Crippen LogP contribution in [0.4, 0.5) is 0 Å². The van der Waals surface area contributed by atoms with Gasteiger partial charge in [0.15, 0.2) is 11.5 Å². The Hall–Kier alpha value is -1.79. The summed E-state index contributed by atoms with van der Waals surface area (Å²) >= 11 is 3.44. The standard InChI is InChI=1S/C15H14BrN3O2/c1-21-15(20)13-11-8-17-6-5-12(11)18-14(19-13)9-3-2-4-10(16)7-9/h2-4,7,17H,5-6,8H2,1H3. The summed E-state index contributed by atoms with van der Waals surface area (Å²) in [6.07, 6.45) is 0.781. The van der Waals surface area contributed by atoms with Gasteiger partial charge in [-0.05, 0) is 12.1 Å². The van der Waals surface area contributed by atoms with E-state index in [0.717, 1.165) is 34.3 Å². The maximum atomic E-state index is 12.0. The van der Waals surface area contributed by atoms with Crippen molar-refractivity contribution in [2.24, 2.45) is 0 Å². The lowest BCUT2D eigenvalue weighted by Crippen LogP contribution is -2.28. The van der Waals surface area contributed by atoms with E-state index in [9.17, 15) is 4.79 Å². The number of nitrogens with one attached hydrogen (secondary N) is 1. The highest BCUT2D eigenvalue weighted by Gasteiger charge is 2.23. The monoisotopic (exact) mass is 347 g/mol. The van der Waals surface area contributed by atoms with Crippen molar-refractivity contribution in [1.29, 1.82) is 0 Å². The molecule has 1 aromatic heterocycles. The Morgan fingerprint density at radius 3 is 3.00 bits per heavy atom. The molecule has 0 saturated heterocycles. The number of carbonyl (C=O) groups excluding carboxylic acids is 1. The highest BCUT2D eigenvalue weighted by Crippen LogP contribution is 2.24. The van der Waals surface area contributed by atoms with Crippen LogP contribution in [0.25, 0.3) is 11.4 Å². The predicted molar refractivity (Wildman–Crippen MR) is 81.9 cm³/mol. The zero-order valence-electron chi connectivity index (χ0n) is 11.5. The molecule has 5 nitrogen and oxygen atoms in total. The number of fused-ring (bicyclic) bond motifs is 1. The van der Waals surface area contributed by atoms with Crippen LogP contribution in [-0.4, -0.2) is 29.6 Å². The third-order valence-corrected chi connectivity index (χ3v) is 3.89. The number of hydrogen-bond acceptors (Lipinski definition) is 5. The number of ether oxygens (including phenoxy) is 1. The lowest BCUT2D eigenvalue weighted by molar-refractivity contribution is 0.0592. The van der Waals surface area contributed by atoms with Crippen molar-refractivity contribution in [3.05, 3.63) is 45.7 Å². The maximum absolute atomic E-state index is 12.0. The molecule has 1 aliphatic heterocycles.